The zero-order chi connectivity index (χ0) is 13.8. The maximum atomic E-state index is 5.65. The van der Waals surface area contributed by atoms with Gasteiger partial charge in [0, 0.05) is 13.5 Å². The number of aryl methyl sites for hydroxylation is 2. The van der Waals surface area contributed by atoms with E-state index in [1.54, 1.807) is 18.1 Å². The average molecular weight is 261 g/mol. The van der Waals surface area contributed by atoms with Gasteiger partial charge in [-0.1, -0.05) is 12.1 Å². The van der Waals surface area contributed by atoms with Gasteiger partial charge in [-0.2, -0.15) is 5.10 Å². The number of nitrogens with two attached hydrogens (primary N) is 1. The van der Waals surface area contributed by atoms with Crippen molar-refractivity contribution < 1.29 is 4.74 Å². The highest BCUT2D eigenvalue weighted by Gasteiger charge is 2.15. The second-order valence-electron chi connectivity index (χ2n) is 4.45. The van der Waals surface area contributed by atoms with Gasteiger partial charge in [0.15, 0.2) is 0 Å². The van der Waals surface area contributed by atoms with E-state index in [9.17, 15) is 0 Å². The number of benzene rings is 1. The van der Waals surface area contributed by atoms with Crippen molar-refractivity contribution in [1.82, 2.24) is 20.2 Å². The van der Waals surface area contributed by atoms with E-state index in [0.29, 0.717) is 6.42 Å². The fourth-order valence-corrected chi connectivity index (χ4v) is 2.01. The van der Waals surface area contributed by atoms with E-state index < -0.39 is 0 Å². The van der Waals surface area contributed by atoms with Gasteiger partial charge >= 0.3 is 0 Å². The highest BCUT2D eigenvalue weighted by atomic mass is 16.5. The molecule has 1 aromatic carbocycles. The Morgan fingerprint density at radius 3 is 2.84 bits per heavy atom. The molecule has 0 aliphatic carbocycles. The van der Waals surface area contributed by atoms with Crippen LogP contribution >= 0.6 is 0 Å². The zero-order valence-corrected chi connectivity index (χ0v) is 11.4. The van der Waals surface area contributed by atoms with Crippen molar-refractivity contribution in [1.29, 1.82) is 0 Å². The molecule has 1 unspecified atom stereocenters. The number of aromatic nitrogens is 3. The molecule has 1 atom stereocenters. The molecular weight excluding hydrogens is 242 g/mol. The van der Waals surface area contributed by atoms with Crippen LogP contribution in [0.3, 0.4) is 0 Å². The monoisotopic (exact) mass is 261 g/mol. The first-order valence-electron chi connectivity index (χ1n) is 6.09. The zero-order valence-electron chi connectivity index (χ0n) is 11.4. The van der Waals surface area contributed by atoms with Gasteiger partial charge < -0.3 is 4.74 Å². The van der Waals surface area contributed by atoms with Crippen LogP contribution in [-0.2, 0) is 13.5 Å². The summed E-state index contributed by atoms with van der Waals surface area (Å²) in [5.41, 5.74) is 4.98. The molecule has 1 heterocycles. The Kier molecular flexibility index (Phi) is 4.13. The van der Waals surface area contributed by atoms with Crippen LogP contribution in [-0.4, -0.2) is 21.9 Å². The quantitative estimate of drug-likeness (QED) is 0.617. The van der Waals surface area contributed by atoms with Crippen molar-refractivity contribution in [2.24, 2.45) is 12.9 Å². The summed E-state index contributed by atoms with van der Waals surface area (Å²) in [5.74, 6) is 7.39. The smallest absolute Gasteiger partial charge is 0.138 e. The first-order chi connectivity index (χ1) is 9.15. The van der Waals surface area contributed by atoms with Gasteiger partial charge in [0.25, 0.3) is 0 Å². The van der Waals surface area contributed by atoms with Gasteiger partial charge in [0.1, 0.15) is 17.9 Å². The largest absolute Gasteiger partial charge is 0.496 e. The van der Waals surface area contributed by atoms with Crippen molar-refractivity contribution in [3.63, 3.8) is 0 Å². The Morgan fingerprint density at radius 2 is 2.26 bits per heavy atom. The first-order valence-corrected chi connectivity index (χ1v) is 6.09. The van der Waals surface area contributed by atoms with Crippen molar-refractivity contribution in [3.05, 3.63) is 41.5 Å². The predicted molar refractivity (Wildman–Crippen MR) is 72.5 cm³/mol. The molecule has 0 spiro atoms. The van der Waals surface area contributed by atoms with E-state index in [1.807, 2.05) is 32.2 Å². The molecule has 102 valence electrons. The lowest BCUT2D eigenvalue weighted by atomic mass is 10.0. The van der Waals surface area contributed by atoms with Crippen LogP contribution < -0.4 is 16.0 Å². The molecule has 3 N–H and O–H groups in total. The Morgan fingerprint density at radius 1 is 1.47 bits per heavy atom. The molecule has 0 amide bonds. The molecule has 19 heavy (non-hydrogen) atoms. The molecule has 0 saturated carbocycles. The maximum absolute atomic E-state index is 5.65. The van der Waals surface area contributed by atoms with Gasteiger partial charge in [0.05, 0.1) is 13.2 Å². The molecule has 0 radical (unpaired) electrons. The van der Waals surface area contributed by atoms with Crippen molar-refractivity contribution >= 4 is 0 Å². The molecule has 0 aliphatic heterocycles. The third-order valence-electron chi connectivity index (χ3n) is 3.23. The Labute approximate surface area is 112 Å². The molecule has 6 nitrogen and oxygen atoms in total. The molecule has 0 bridgehead atoms. The normalized spacial score (nSPS) is 12.4. The van der Waals surface area contributed by atoms with Crippen LogP contribution in [0.15, 0.2) is 24.5 Å². The summed E-state index contributed by atoms with van der Waals surface area (Å²) < 4.78 is 7.08. The summed E-state index contributed by atoms with van der Waals surface area (Å²) in [6, 6.07) is 6.03. The number of rotatable bonds is 5. The van der Waals surface area contributed by atoms with Gasteiger partial charge in [-0.3, -0.25) is 16.0 Å². The SMILES string of the molecule is COc1cc(C(Cc2ncnn2C)NN)ccc1C. The van der Waals surface area contributed by atoms with Crippen molar-refractivity contribution in [2.45, 2.75) is 19.4 Å². The van der Waals surface area contributed by atoms with E-state index in [1.165, 1.54) is 0 Å². The lowest BCUT2D eigenvalue weighted by molar-refractivity contribution is 0.409. The Balaban J connectivity index is 2.24. The Bertz CT molecular complexity index is 552. The second-order valence-corrected chi connectivity index (χ2v) is 4.45. The number of nitrogens with zero attached hydrogens (tertiary/aromatic N) is 3. The van der Waals surface area contributed by atoms with E-state index in [4.69, 9.17) is 10.6 Å². The number of hydrogen-bond acceptors (Lipinski definition) is 5. The molecule has 6 heteroatoms. The van der Waals surface area contributed by atoms with Crippen LogP contribution in [0, 0.1) is 6.92 Å². The molecule has 1 aromatic heterocycles. The third kappa shape index (κ3) is 2.91. The number of hydrogen-bond donors (Lipinski definition) is 2. The van der Waals surface area contributed by atoms with Crippen molar-refractivity contribution in [3.8, 4) is 5.75 Å². The molecule has 0 fully saturated rings. The molecule has 2 rings (SSSR count). The van der Waals surface area contributed by atoms with E-state index in [0.717, 1.165) is 22.7 Å². The molecule has 2 aromatic rings. The average Bonchev–Trinajstić information content (AvgIpc) is 2.82. The number of hydrazine groups is 1. The highest BCUT2D eigenvalue weighted by molar-refractivity contribution is 5.38. The summed E-state index contributed by atoms with van der Waals surface area (Å²) in [4.78, 5) is 4.21. The van der Waals surface area contributed by atoms with Crippen LogP contribution in [0.5, 0.6) is 5.75 Å². The van der Waals surface area contributed by atoms with Crippen LogP contribution in [0.2, 0.25) is 0 Å². The van der Waals surface area contributed by atoms with Crippen LogP contribution in [0.4, 0.5) is 0 Å². The highest BCUT2D eigenvalue weighted by Crippen LogP contribution is 2.24. The predicted octanol–water partition coefficient (Wildman–Crippen LogP) is 0.879. The lowest BCUT2D eigenvalue weighted by Crippen LogP contribution is -2.30. The topological polar surface area (TPSA) is 78.0 Å². The van der Waals surface area contributed by atoms with Crippen molar-refractivity contribution in [2.75, 3.05) is 7.11 Å². The standard InChI is InChI=1S/C13H19N5O/c1-9-4-5-10(6-12(9)19-3)11(17-14)7-13-15-8-16-18(13)2/h4-6,8,11,17H,7,14H2,1-3H3. The first kappa shape index (κ1) is 13.5. The van der Waals surface area contributed by atoms with Crippen LogP contribution in [0.1, 0.15) is 23.0 Å². The van der Waals surface area contributed by atoms with Gasteiger partial charge in [-0.15, -0.1) is 0 Å². The minimum atomic E-state index is -0.0302. The van der Waals surface area contributed by atoms with Gasteiger partial charge in [-0.05, 0) is 24.1 Å². The lowest BCUT2D eigenvalue weighted by Gasteiger charge is -2.17. The summed E-state index contributed by atoms with van der Waals surface area (Å²) in [7, 11) is 3.53. The summed E-state index contributed by atoms with van der Waals surface area (Å²) in [6.45, 7) is 2.01. The summed E-state index contributed by atoms with van der Waals surface area (Å²) in [5, 5.41) is 4.06. The third-order valence-corrected chi connectivity index (χ3v) is 3.23. The minimum absolute atomic E-state index is 0.0302. The Hall–Kier alpha value is -1.92. The minimum Gasteiger partial charge on any atom is -0.496 e. The molecular formula is C13H19N5O. The number of ether oxygens (including phenoxy) is 1. The molecule has 0 aliphatic rings. The number of methoxy groups -OCH3 is 1. The summed E-state index contributed by atoms with van der Waals surface area (Å²) >= 11 is 0. The second kappa shape index (κ2) is 5.81. The van der Waals surface area contributed by atoms with Crippen LogP contribution in [0.25, 0.3) is 0 Å². The van der Waals surface area contributed by atoms with E-state index in [-0.39, 0.29) is 6.04 Å². The van der Waals surface area contributed by atoms with E-state index in [2.05, 4.69) is 15.5 Å². The van der Waals surface area contributed by atoms with Gasteiger partial charge in [0.2, 0.25) is 0 Å². The number of nitrogens with one attached hydrogen (secondary N) is 1. The maximum Gasteiger partial charge on any atom is 0.138 e. The fourth-order valence-electron chi connectivity index (χ4n) is 2.01. The van der Waals surface area contributed by atoms with E-state index >= 15 is 0 Å². The van der Waals surface area contributed by atoms with Gasteiger partial charge in [-0.25, -0.2) is 4.98 Å². The fraction of sp³-hybridized carbons (Fsp3) is 0.385. The molecule has 0 saturated heterocycles. The summed E-state index contributed by atoms with van der Waals surface area (Å²) in [6.07, 6.45) is 2.21.